The lowest BCUT2D eigenvalue weighted by atomic mass is 9.78. The van der Waals surface area contributed by atoms with Crippen LogP contribution in [-0.2, 0) is 16.9 Å². The van der Waals surface area contributed by atoms with Gasteiger partial charge >= 0.3 is 0 Å². The van der Waals surface area contributed by atoms with Crippen LogP contribution in [0.2, 0.25) is 0 Å². The minimum absolute atomic E-state index is 0.432. The summed E-state index contributed by atoms with van der Waals surface area (Å²) in [4.78, 5) is 0. The highest BCUT2D eigenvalue weighted by atomic mass is 16.5. The van der Waals surface area contributed by atoms with Gasteiger partial charge in [0.2, 0.25) is 0 Å². The van der Waals surface area contributed by atoms with Gasteiger partial charge in [-0.1, -0.05) is 48.5 Å². The van der Waals surface area contributed by atoms with Crippen LogP contribution in [0.1, 0.15) is 29.2 Å². The van der Waals surface area contributed by atoms with Crippen LogP contribution < -0.4 is 9.47 Å². The molecule has 4 nitrogen and oxygen atoms in total. The molecule has 0 atom stereocenters. The molecule has 0 heterocycles. The topological polar surface area (TPSA) is 47.9 Å². The molecule has 0 amide bonds. The van der Waals surface area contributed by atoms with Crippen LogP contribution >= 0.6 is 0 Å². The van der Waals surface area contributed by atoms with Gasteiger partial charge in [0.05, 0.1) is 20.8 Å². The maximum absolute atomic E-state index is 12.1. The zero-order valence-electron chi connectivity index (χ0n) is 16.5. The molecular formula is C24H26O4. The van der Waals surface area contributed by atoms with Crippen LogP contribution in [0.5, 0.6) is 11.5 Å². The first-order valence-electron chi connectivity index (χ1n) is 9.31. The molecule has 28 heavy (non-hydrogen) atoms. The molecule has 0 fully saturated rings. The lowest BCUT2D eigenvalue weighted by Gasteiger charge is -2.32. The SMILES string of the molecule is CCOCc1ccccc1C(O)(c1ccc(OC)cc1)c1ccc(OC)cc1. The van der Waals surface area contributed by atoms with Crippen molar-refractivity contribution in [2.45, 2.75) is 19.1 Å². The molecule has 0 saturated heterocycles. The van der Waals surface area contributed by atoms with E-state index in [0.717, 1.165) is 33.8 Å². The second kappa shape index (κ2) is 8.91. The lowest BCUT2D eigenvalue weighted by Crippen LogP contribution is -2.30. The van der Waals surface area contributed by atoms with Crippen molar-refractivity contribution >= 4 is 0 Å². The van der Waals surface area contributed by atoms with Crippen molar-refractivity contribution < 1.29 is 19.3 Å². The van der Waals surface area contributed by atoms with Gasteiger partial charge in [0.25, 0.3) is 0 Å². The zero-order valence-corrected chi connectivity index (χ0v) is 16.5. The van der Waals surface area contributed by atoms with Gasteiger partial charge in [-0.2, -0.15) is 0 Å². The summed E-state index contributed by atoms with van der Waals surface area (Å²) in [7, 11) is 3.25. The maximum atomic E-state index is 12.1. The number of rotatable bonds is 8. The van der Waals surface area contributed by atoms with Crippen LogP contribution in [0.3, 0.4) is 0 Å². The van der Waals surface area contributed by atoms with E-state index in [0.29, 0.717) is 13.2 Å². The van der Waals surface area contributed by atoms with Gasteiger partial charge in [-0.15, -0.1) is 0 Å². The Morgan fingerprint density at radius 2 is 1.25 bits per heavy atom. The Bertz CT molecular complexity index is 838. The van der Waals surface area contributed by atoms with E-state index in [-0.39, 0.29) is 0 Å². The normalized spacial score (nSPS) is 11.3. The Kier molecular flexibility index (Phi) is 6.34. The summed E-state index contributed by atoms with van der Waals surface area (Å²) < 4.78 is 16.2. The number of aliphatic hydroxyl groups is 1. The van der Waals surface area contributed by atoms with Gasteiger partial charge in [-0.3, -0.25) is 0 Å². The van der Waals surface area contributed by atoms with Gasteiger partial charge in [0.15, 0.2) is 0 Å². The fraction of sp³-hybridized carbons (Fsp3) is 0.250. The molecule has 0 aliphatic carbocycles. The number of hydrogen-bond acceptors (Lipinski definition) is 4. The smallest absolute Gasteiger partial charge is 0.140 e. The van der Waals surface area contributed by atoms with Crippen LogP contribution in [0.15, 0.2) is 72.8 Å². The van der Waals surface area contributed by atoms with E-state index < -0.39 is 5.60 Å². The van der Waals surface area contributed by atoms with Crippen molar-refractivity contribution in [1.29, 1.82) is 0 Å². The van der Waals surface area contributed by atoms with E-state index in [1.165, 1.54) is 0 Å². The Morgan fingerprint density at radius 1 is 0.750 bits per heavy atom. The molecule has 0 bridgehead atoms. The fourth-order valence-corrected chi connectivity index (χ4v) is 3.35. The molecule has 0 aromatic heterocycles. The number of methoxy groups -OCH3 is 2. The predicted octanol–water partition coefficient (Wildman–Crippen LogP) is 4.52. The molecule has 0 aliphatic heterocycles. The van der Waals surface area contributed by atoms with E-state index in [4.69, 9.17) is 14.2 Å². The standard InChI is InChI=1S/C24H26O4/c1-4-28-17-18-7-5-6-8-23(18)24(25,19-9-13-21(26-2)14-10-19)20-11-15-22(27-3)16-12-20/h5-16,25H,4,17H2,1-3H3. The van der Waals surface area contributed by atoms with Gasteiger partial charge in [0.1, 0.15) is 17.1 Å². The average molecular weight is 378 g/mol. The van der Waals surface area contributed by atoms with Crippen molar-refractivity contribution in [2.75, 3.05) is 20.8 Å². The van der Waals surface area contributed by atoms with Crippen LogP contribution in [0.25, 0.3) is 0 Å². The van der Waals surface area contributed by atoms with E-state index in [2.05, 4.69) is 0 Å². The van der Waals surface area contributed by atoms with Crippen LogP contribution in [0.4, 0.5) is 0 Å². The number of ether oxygens (including phenoxy) is 3. The van der Waals surface area contributed by atoms with Gasteiger partial charge in [-0.05, 0) is 53.4 Å². The fourth-order valence-electron chi connectivity index (χ4n) is 3.35. The predicted molar refractivity (Wildman–Crippen MR) is 110 cm³/mol. The highest BCUT2D eigenvalue weighted by molar-refractivity contribution is 5.51. The summed E-state index contributed by atoms with van der Waals surface area (Å²) >= 11 is 0. The second-order valence-electron chi connectivity index (χ2n) is 6.46. The first kappa shape index (κ1) is 19.9. The molecule has 0 unspecified atom stereocenters. The molecule has 146 valence electrons. The third kappa shape index (κ3) is 3.88. The molecule has 0 radical (unpaired) electrons. The number of hydrogen-bond donors (Lipinski definition) is 1. The summed E-state index contributed by atoms with van der Waals surface area (Å²) in [6, 6.07) is 22.8. The molecule has 4 heteroatoms. The molecule has 0 spiro atoms. The summed E-state index contributed by atoms with van der Waals surface area (Å²) in [6.45, 7) is 3.00. The maximum Gasteiger partial charge on any atom is 0.140 e. The van der Waals surface area contributed by atoms with Crippen molar-refractivity contribution in [3.05, 3.63) is 95.1 Å². The molecular weight excluding hydrogens is 352 g/mol. The van der Waals surface area contributed by atoms with E-state index in [9.17, 15) is 5.11 Å². The van der Waals surface area contributed by atoms with E-state index in [1.807, 2.05) is 79.7 Å². The summed E-state index contributed by atoms with van der Waals surface area (Å²) in [5.41, 5.74) is 1.90. The number of benzene rings is 3. The van der Waals surface area contributed by atoms with Crippen LogP contribution in [-0.4, -0.2) is 25.9 Å². The third-order valence-electron chi connectivity index (χ3n) is 4.88. The quantitative estimate of drug-likeness (QED) is 0.585. The first-order chi connectivity index (χ1) is 13.6. The first-order valence-corrected chi connectivity index (χ1v) is 9.31. The summed E-state index contributed by atoms with van der Waals surface area (Å²) in [5.74, 6) is 1.48. The lowest BCUT2D eigenvalue weighted by molar-refractivity contribution is 0.110. The molecule has 3 aromatic carbocycles. The van der Waals surface area contributed by atoms with Crippen molar-refractivity contribution in [2.24, 2.45) is 0 Å². The zero-order chi connectivity index (χ0) is 20.0. The Labute approximate surface area is 166 Å². The highest BCUT2D eigenvalue weighted by Gasteiger charge is 2.35. The monoisotopic (exact) mass is 378 g/mol. The van der Waals surface area contributed by atoms with E-state index >= 15 is 0 Å². The Hall–Kier alpha value is -2.82. The minimum Gasteiger partial charge on any atom is -0.497 e. The Balaban J connectivity index is 2.19. The Morgan fingerprint density at radius 3 is 1.71 bits per heavy atom. The second-order valence-corrected chi connectivity index (χ2v) is 6.46. The van der Waals surface area contributed by atoms with Crippen LogP contribution in [0, 0.1) is 0 Å². The minimum atomic E-state index is -1.34. The molecule has 3 aromatic rings. The molecule has 0 saturated carbocycles. The molecule has 1 N–H and O–H groups in total. The van der Waals surface area contributed by atoms with Gasteiger partial charge in [0, 0.05) is 6.61 Å². The average Bonchev–Trinajstić information content (AvgIpc) is 2.77. The molecule has 0 aliphatic rings. The van der Waals surface area contributed by atoms with Gasteiger partial charge in [-0.25, -0.2) is 0 Å². The summed E-state index contributed by atoms with van der Waals surface area (Å²) in [5, 5.41) is 12.1. The highest BCUT2D eigenvalue weighted by Crippen LogP contribution is 2.39. The van der Waals surface area contributed by atoms with Crippen molar-refractivity contribution in [3.63, 3.8) is 0 Å². The summed E-state index contributed by atoms with van der Waals surface area (Å²) in [6.07, 6.45) is 0. The third-order valence-corrected chi connectivity index (χ3v) is 4.88. The van der Waals surface area contributed by atoms with Crippen molar-refractivity contribution in [1.82, 2.24) is 0 Å². The largest absolute Gasteiger partial charge is 0.497 e. The van der Waals surface area contributed by atoms with E-state index in [1.54, 1.807) is 14.2 Å². The molecule has 3 rings (SSSR count). The van der Waals surface area contributed by atoms with Gasteiger partial charge < -0.3 is 19.3 Å². The van der Waals surface area contributed by atoms with Crippen molar-refractivity contribution in [3.8, 4) is 11.5 Å².